The van der Waals surface area contributed by atoms with Gasteiger partial charge in [-0.3, -0.25) is 0 Å². The molecule has 0 atom stereocenters. The third-order valence-corrected chi connectivity index (χ3v) is 6.77. The second-order valence-corrected chi connectivity index (χ2v) is 11.3. The minimum atomic E-state index is -3.23. The van der Waals surface area contributed by atoms with Gasteiger partial charge in [-0.05, 0) is 81.7 Å². The Morgan fingerprint density at radius 2 is 1.81 bits per heavy atom. The Balaban J connectivity index is 1.84. The first-order valence-corrected chi connectivity index (χ1v) is 12.7. The van der Waals surface area contributed by atoms with E-state index in [1.54, 1.807) is 30.0 Å². The van der Waals surface area contributed by atoms with Gasteiger partial charge in [-0.1, -0.05) is 42.4 Å². The molecule has 3 rings (SSSR count). The van der Waals surface area contributed by atoms with E-state index >= 15 is 8.78 Å². The molecule has 0 spiro atoms. The molecule has 1 fully saturated rings. The van der Waals surface area contributed by atoms with Crippen LogP contribution in [-0.2, 0) is 17.1 Å². The Morgan fingerprint density at radius 1 is 1.17 bits per heavy atom. The minimum absolute atomic E-state index is 0.144. The number of ether oxygens (including phenoxy) is 1. The Morgan fingerprint density at radius 3 is 2.36 bits per heavy atom. The summed E-state index contributed by atoms with van der Waals surface area (Å²) < 4.78 is 36.1. The van der Waals surface area contributed by atoms with Gasteiger partial charge in [0, 0.05) is 44.0 Å². The fraction of sp³-hybridized carbons (Fsp3) is 0.483. The molecule has 4 nitrogen and oxygen atoms in total. The molecule has 0 N–H and O–H groups in total. The van der Waals surface area contributed by atoms with Crippen molar-refractivity contribution in [2.45, 2.75) is 58.5 Å². The SMILES string of the molecule is C=C(C)C(F)(F)c1cc(N(C)C)cc(Cl)c1-c1cccc(CC2CCN(C(=O)OC(C)(C)C)CC2)c1. The minimum Gasteiger partial charge on any atom is -0.444 e. The number of allylic oxidation sites excluding steroid dienone is 1. The van der Waals surface area contributed by atoms with Crippen molar-refractivity contribution in [1.29, 1.82) is 0 Å². The van der Waals surface area contributed by atoms with E-state index in [1.807, 2.05) is 45.0 Å². The van der Waals surface area contributed by atoms with Crippen LogP contribution in [0.3, 0.4) is 0 Å². The number of likely N-dealkylation sites (tertiary alicyclic amines) is 1. The third kappa shape index (κ3) is 6.58. The number of alkyl halides is 2. The van der Waals surface area contributed by atoms with Crippen LogP contribution in [0.25, 0.3) is 11.1 Å². The van der Waals surface area contributed by atoms with Crippen molar-refractivity contribution in [3.63, 3.8) is 0 Å². The summed E-state index contributed by atoms with van der Waals surface area (Å²) in [6.45, 7) is 11.7. The molecule has 1 amide bonds. The van der Waals surface area contributed by atoms with Crippen LogP contribution in [-0.4, -0.2) is 43.8 Å². The maximum atomic E-state index is 15.3. The number of amides is 1. The molecule has 196 valence electrons. The van der Waals surface area contributed by atoms with E-state index < -0.39 is 11.5 Å². The molecule has 1 aliphatic heterocycles. The standard InChI is InChI=1S/C29H37ClF2N2O2/c1-19(2)29(31,32)24-17-23(33(6)7)18-25(30)26(24)22-10-8-9-21(16-22)15-20-11-13-34(14-12-20)27(35)36-28(3,4)5/h8-10,16-18,20H,1,11-15H2,2-7H3. The summed E-state index contributed by atoms with van der Waals surface area (Å²) >= 11 is 6.62. The van der Waals surface area contributed by atoms with Crippen molar-refractivity contribution in [2.75, 3.05) is 32.1 Å². The van der Waals surface area contributed by atoms with E-state index in [1.165, 1.54) is 13.0 Å². The number of piperidine rings is 1. The zero-order chi connectivity index (χ0) is 26.8. The van der Waals surface area contributed by atoms with Crippen LogP contribution in [0.1, 0.15) is 51.7 Å². The maximum absolute atomic E-state index is 15.3. The molecule has 2 aromatic carbocycles. The summed E-state index contributed by atoms with van der Waals surface area (Å²) in [7, 11) is 3.59. The number of anilines is 1. The average Bonchev–Trinajstić information content (AvgIpc) is 2.77. The summed E-state index contributed by atoms with van der Waals surface area (Å²) in [5.41, 5.74) is 1.76. The fourth-order valence-electron chi connectivity index (χ4n) is 4.45. The largest absolute Gasteiger partial charge is 0.444 e. The lowest BCUT2D eigenvalue weighted by atomic mass is 9.87. The number of carbonyl (C=O) groups is 1. The zero-order valence-electron chi connectivity index (χ0n) is 22.1. The van der Waals surface area contributed by atoms with Gasteiger partial charge in [0.2, 0.25) is 0 Å². The lowest BCUT2D eigenvalue weighted by Crippen LogP contribution is -2.42. The Labute approximate surface area is 218 Å². The van der Waals surface area contributed by atoms with Gasteiger partial charge >= 0.3 is 6.09 Å². The molecular formula is C29H37ClF2N2O2. The molecule has 0 aromatic heterocycles. The summed E-state index contributed by atoms with van der Waals surface area (Å²) in [5, 5.41) is 0.278. The van der Waals surface area contributed by atoms with Gasteiger partial charge < -0.3 is 14.5 Å². The van der Waals surface area contributed by atoms with Gasteiger partial charge in [0.15, 0.2) is 0 Å². The second kappa shape index (κ2) is 10.8. The van der Waals surface area contributed by atoms with Gasteiger partial charge in [-0.25, -0.2) is 4.79 Å². The predicted octanol–water partition coefficient (Wildman–Crippen LogP) is 7.93. The van der Waals surface area contributed by atoms with Gasteiger partial charge in [0.05, 0.1) is 5.02 Å². The second-order valence-electron chi connectivity index (χ2n) is 10.9. The van der Waals surface area contributed by atoms with E-state index in [0.717, 1.165) is 24.8 Å². The average molecular weight is 519 g/mol. The molecule has 1 aliphatic rings. The highest BCUT2D eigenvalue weighted by molar-refractivity contribution is 6.34. The first-order valence-electron chi connectivity index (χ1n) is 12.3. The normalized spacial score (nSPS) is 15.1. The number of hydrogen-bond donors (Lipinski definition) is 0. The predicted molar refractivity (Wildman–Crippen MR) is 144 cm³/mol. The van der Waals surface area contributed by atoms with Crippen molar-refractivity contribution in [2.24, 2.45) is 5.92 Å². The lowest BCUT2D eigenvalue weighted by Gasteiger charge is -2.33. The van der Waals surface area contributed by atoms with E-state index in [4.69, 9.17) is 16.3 Å². The van der Waals surface area contributed by atoms with Gasteiger partial charge in [0.1, 0.15) is 5.60 Å². The number of rotatable bonds is 6. The smallest absolute Gasteiger partial charge is 0.410 e. The van der Waals surface area contributed by atoms with E-state index in [-0.39, 0.29) is 22.3 Å². The van der Waals surface area contributed by atoms with Crippen molar-refractivity contribution in [3.8, 4) is 11.1 Å². The zero-order valence-corrected chi connectivity index (χ0v) is 22.9. The first kappa shape index (κ1) is 28.0. The van der Waals surface area contributed by atoms with Crippen LogP contribution in [0, 0.1) is 5.92 Å². The van der Waals surface area contributed by atoms with Crippen molar-refractivity contribution < 1.29 is 18.3 Å². The van der Waals surface area contributed by atoms with Crippen LogP contribution in [0.4, 0.5) is 19.3 Å². The van der Waals surface area contributed by atoms with E-state index in [9.17, 15) is 4.79 Å². The van der Waals surface area contributed by atoms with Gasteiger partial charge in [-0.15, -0.1) is 0 Å². The van der Waals surface area contributed by atoms with Crippen LogP contribution >= 0.6 is 11.6 Å². The highest BCUT2D eigenvalue weighted by atomic mass is 35.5. The number of halogens is 3. The molecule has 0 radical (unpaired) electrons. The summed E-state index contributed by atoms with van der Waals surface area (Å²) in [4.78, 5) is 15.9. The number of benzene rings is 2. The summed E-state index contributed by atoms with van der Waals surface area (Å²) in [5.74, 6) is -2.84. The highest BCUT2D eigenvalue weighted by Crippen LogP contribution is 2.45. The van der Waals surface area contributed by atoms with E-state index in [2.05, 4.69) is 6.58 Å². The lowest BCUT2D eigenvalue weighted by molar-refractivity contribution is 0.0184. The number of nitrogens with zero attached hydrogens (tertiary/aromatic N) is 2. The molecular weight excluding hydrogens is 482 g/mol. The van der Waals surface area contributed by atoms with Crippen molar-refractivity contribution >= 4 is 23.4 Å². The number of carbonyl (C=O) groups excluding carboxylic acids is 1. The molecule has 0 saturated carbocycles. The third-order valence-electron chi connectivity index (χ3n) is 6.47. The van der Waals surface area contributed by atoms with Crippen LogP contribution in [0.15, 0.2) is 48.6 Å². The molecule has 2 aromatic rings. The van der Waals surface area contributed by atoms with E-state index in [0.29, 0.717) is 35.8 Å². The molecule has 0 unspecified atom stereocenters. The monoisotopic (exact) mass is 518 g/mol. The van der Waals surface area contributed by atoms with Crippen LogP contribution < -0.4 is 4.90 Å². The highest BCUT2D eigenvalue weighted by Gasteiger charge is 2.37. The Hall–Kier alpha value is -2.60. The molecule has 0 aliphatic carbocycles. The molecule has 36 heavy (non-hydrogen) atoms. The summed E-state index contributed by atoms with van der Waals surface area (Å²) in [6, 6.07) is 10.9. The van der Waals surface area contributed by atoms with Crippen molar-refractivity contribution in [3.05, 3.63) is 64.7 Å². The van der Waals surface area contributed by atoms with Crippen LogP contribution in [0.2, 0.25) is 5.02 Å². The number of hydrogen-bond acceptors (Lipinski definition) is 3. The quantitative estimate of drug-likeness (QED) is 0.364. The molecule has 1 heterocycles. The topological polar surface area (TPSA) is 32.8 Å². The van der Waals surface area contributed by atoms with Crippen LogP contribution in [0.5, 0.6) is 0 Å². The maximum Gasteiger partial charge on any atom is 0.410 e. The van der Waals surface area contributed by atoms with Crippen molar-refractivity contribution in [1.82, 2.24) is 4.90 Å². The Bertz CT molecular complexity index is 1120. The molecule has 1 saturated heterocycles. The molecule has 7 heteroatoms. The van der Waals surface area contributed by atoms with Gasteiger partial charge in [0.25, 0.3) is 5.92 Å². The Kier molecular flexibility index (Phi) is 8.39. The molecule has 0 bridgehead atoms. The first-order chi connectivity index (χ1) is 16.7. The summed E-state index contributed by atoms with van der Waals surface area (Å²) in [6.07, 6.45) is 2.25. The van der Waals surface area contributed by atoms with Gasteiger partial charge in [-0.2, -0.15) is 8.78 Å². The fourth-order valence-corrected chi connectivity index (χ4v) is 4.78.